The van der Waals surface area contributed by atoms with Crippen LogP contribution < -0.4 is 31.1 Å². The number of rotatable bonds is 4. The van der Waals surface area contributed by atoms with Crippen molar-refractivity contribution in [2.45, 2.75) is 134 Å². The van der Waals surface area contributed by atoms with Crippen LogP contribution in [-0.2, 0) is 16.2 Å². The fraction of sp³-hybridized carbons (Fsp3) is 0.289. The van der Waals surface area contributed by atoms with Crippen molar-refractivity contribution in [3.63, 3.8) is 0 Å². The van der Waals surface area contributed by atoms with E-state index in [2.05, 4.69) is 246 Å². The quantitative estimate of drug-likeness (QED) is 0.163. The van der Waals surface area contributed by atoms with Crippen molar-refractivity contribution in [3.05, 3.63) is 209 Å². The van der Waals surface area contributed by atoms with Crippen molar-refractivity contribution < 1.29 is 0 Å². The van der Waals surface area contributed by atoms with Crippen LogP contribution >= 0.6 is 22.7 Å². The van der Waals surface area contributed by atoms with Crippen LogP contribution in [0, 0.1) is 12.3 Å². The van der Waals surface area contributed by atoms with E-state index in [0.717, 1.165) is 6.42 Å². The Labute approximate surface area is 492 Å². The first kappa shape index (κ1) is 49.5. The van der Waals surface area contributed by atoms with E-state index in [9.17, 15) is 0 Å². The highest BCUT2D eigenvalue weighted by molar-refractivity contribution is 7.26. The third-order valence-electron chi connectivity index (χ3n) is 22.4. The molecule has 0 amide bonds. The summed E-state index contributed by atoms with van der Waals surface area (Å²) in [6.07, 6.45) is 9.88. The molecule has 3 aliphatic heterocycles. The normalized spacial score (nSPS) is 24.2. The topological polar surface area (TPSA) is 9.72 Å². The number of benzene rings is 9. The number of fused-ring (bicyclic) bond motifs is 16. The molecule has 0 radical (unpaired) electrons. The van der Waals surface area contributed by atoms with E-state index in [0.29, 0.717) is 0 Å². The van der Waals surface area contributed by atoms with Crippen LogP contribution in [0.3, 0.4) is 0 Å². The third-order valence-corrected chi connectivity index (χ3v) is 24.8. The van der Waals surface area contributed by atoms with Gasteiger partial charge < -0.3 is 14.7 Å². The standard InChI is InChI=1S/C76H70BN3S2/c1-46-41-63-70-64(42-46)79(60-27-19-23-51-50-21-9-13-28-65(50)82-71(51)60)61-43-47(69-52-34-32-48(72(2,3)4)44-55(52)73(5)37-15-16-39-75(69,73)7)31-35-56(61)77(70)57-36-33-49(80-58-25-12-11-24-54(58)74(6)38-17-18-40-76(74,80)8)45-62(57)78(63)59-26-20-30-67-68(59)53-22-10-14-29-66(53)81-67/h9-14,19-36,41-45,69H,15-18,37-40H2,1-8H3. The molecule has 0 spiro atoms. The Morgan fingerprint density at radius 2 is 1.11 bits per heavy atom. The summed E-state index contributed by atoms with van der Waals surface area (Å²) in [5.41, 5.74) is 23.4. The minimum atomic E-state index is -0.0753. The fourth-order valence-corrected chi connectivity index (χ4v) is 20.3. The molecule has 2 fully saturated rings. The monoisotopic (exact) mass is 1100 g/mol. The van der Waals surface area contributed by atoms with Gasteiger partial charge in [0.15, 0.2) is 0 Å². The van der Waals surface area contributed by atoms with E-state index >= 15 is 0 Å². The minimum Gasteiger partial charge on any atom is -0.334 e. The number of aryl methyl sites for hydroxylation is 1. The molecular formula is C76H70BN3S2. The van der Waals surface area contributed by atoms with Crippen molar-refractivity contribution >= 4 is 132 Å². The maximum atomic E-state index is 2.79. The lowest BCUT2D eigenvalue weighted by molar-refractivity contribution is 0.0923. The molecule has 5 heterocycles. The second-order valence-electron chi connectivity index (χ2n) is 27.5. The van der Waals surface area contributed by atoms with Gasteiger partial charge in [0.1, 0.15) is 0 Å². The van der Waals surface area contributed by atoms with E-state index in [1.54, 1.807) is 11.1 Å². The predicted molar refractivity (Wildman–Crippen MR) is 355 cm³/mol. The first-order chi connectivity index (χ1) is 39.7. The molecule has 3 nitrogen and oxygen atoms in total. The predicted octanol–water partition coefficient (Wildman–Crippen LogP) is 19.8. The molecule has 82 heavy (non-hydrogen) atoms. The molecule has 404 valence electrons. The smallest absolute Gasteiger partial charge is 0.252 e. The maximum Gasteiger partial charge on any atom is 0.252 e. The van der Waals surface area contributed by atoms with Crippen LogP contribution in [-0.4, -0.2) is 12.3 Å². The van der Waals surface area contributed by atoms with Gasteiger partial charge in [-0.25, -0.2) is 0 Å². The molecule has 2 aromatic heterocycles. The summed E-state index contributed by atoms with van der Waals surface area (Å²) in [4.78, 5) is 8.25. The van der Waals surface area contributed by atoms with E-state index in [-0.39, 0.29) is 39.8 Å². The summed E-state index contributed by atoms with van der Waals surface area (Å²) in [7, 11) is 0. The van der Waals surface area contributed by atoms with Crippen molar-refractivity contribution in [2.75, 3.05) is 14.7 Å². The first-order valence-corrected chi connectivity index (χ1v) is 32.2. The molecule has 6 aliphatic rings. The summed E-state index contributed by atoms with van der Waals surface area (Å²) < 4.78 is 5.31. The van der Waals surface area contributed by atoms with Crippen LogP contribution in [0.4, 0.5) is 45.5 Å². The van der Waals surface area contributed by atoms with Gasteiger partial charge in [-0.05, 0) is 172 Å². The molecule has 5 atom stereocenters. The zero-order valence-electron chi connectivity index (χ0n) is 48.7. The fourth-order valence-electron chi connectivity index (χ4n) is 18.0. The van der Waals surface area contributed by atoms with E-state index in [4.69, 9.17) is 0 Å². The zero-order chi connectivity index (χ0) is 55.4. The molecule has 11 aromatic rings. The van der Waals surface area contributed by atoms with Crippen LogP contribution in [0.25, 0.3) is 40.3 Å². The molecule has 6 heteroatoms. The Morgan fingerprint density at radius 3 is 1.91 bits per heavy atom. The van der Waals surface area contributed by atoms with Gasteiger partial charge in [-0.15, -0.1) is 22.7 Å². The van der Waals surface area contributed by atoms with Crippen molar-refractivity contribution in [1.82, 2.24) is 0 Å². The first-order valence-electron chi connectivity index (χ1n) is 30.6. The molecule has 0 bridgehead atoms. The van der Waals surface area contributed by atoms with Gasteiger partial charge in [0, 0.05) is 81.1 Å². The van der Waals surface area contributed by atoms with Crippen LogP contribution in [0.2, 0.25) is 0 Å². The molecule has 3 aliphatic carbocycles. The lowest BCUT2D eigenvalue weighted by atomic mass is 9.33. The summed E-state index contributed by atoms with van der Waals surface area (Å²) >= 11 is 3.86. The highest BCUT2D eigenvalue weighted by atomic mass is 32.1. The molecule has 17 rings (SSSR count). The zero-order valence-corrected chi connectivity index (χ0v) is 50.3. The molecular weight excluding hydrogens is 1030 g/mol. The summed E-state index contributed by atoms with van der Waals surface area (Å²) in [6, 6.07) is 70.1. The van der Waals surface area contributed by atoms with Gasteiger partial charge in [0.25, 0.3) is 6.71 Å². The van der Waals surface area contributed by atoms with Crippen molar-refractivity contribution in [3.8, 4) is 0 Å². The Kier molecular flexibility index (Phi) is 10.3. The number of hydrogen-bond donors (Lipinski definition) is 0. The second-order valence-corrected chi connectivity index (χ2v) is 29.6. The van der Waals surface area contributed by atoms with E-state index < -0.39 is 0 Å². The van der Waals surface area contributed by atoms with Gasteiger partial charge in [-0.3, -0.25) is 0 Å². The third kappa shape index (κ3) is 6.38. The average molecular weight is 1100 g/mol. The van der Waals surface area contributed by atoms with Crippen LogP contribution in [0.15, 0.2) is 176 Å². The molecule has 2 saturated carbocycles. The van der Waals surface area contributed by atoms with Crippen LogP contribution in [0.5, 0.6) is 0 Å². The van der Waals surface area contributed by atoms with E-state index in [1.165, 1.54) is 169 Å². The Balaban J connectivity index is 0.958. The summed E-state index contributed by atoms with van der Waals surface area (Å²) in [5.74, 6) is 0.261. The molecule has 0 saturated heterocycles. The largest absolute Gasteiger partial charge is 0.334 e. The van der Waals surface area contributed by atoms with Crippen molar-refractivity contribution in [2.24, 2.45) is 5.41 Å². The average Bonchev–Trinajstić information content (AvgIpc) is 1.48. The van der Waals surface area contributed by atoms with Gasteiger partial charge in [-0.2, -0.15) is 0 Å². The summed E-state index contributed by atoms with van der Waals surface area (Å²) in [5, 5.41) is 5.30. The molecule has 9 aromatic carbocycles. The van der Waals surface area contributed by atoms with Gasteiger partial charge in [-0.1, -0.05) is 176 Å². The van der Waals surface area contributed by atoms with Gasteiger partial charge in [0.05, 0.1) is 21.6 Å². The van der Waals surface area contributed by atoms with Gasteiger partial charge >= 0.3 is 0 Å². The molecule has 0 N–H and O–H groups in total. The maximum absolute atomic E-state index is 2.79. The summed E-state index contributed by atoms with van der Waals surface area (Å²) in [6.45, 7) is 19.9. The van der Waals surface area contributed by atoms with Crippen LogP contribution in [0.1, 0.15) is 139 Å². The second kappa shape index (κ2) is 17.0. The lowest BCUT2D eigenvalue weighted by Gasteiger charge is -2.51. The van der Waals surface area contributed by atoms with E-state index in [1.807, 2.05) is 22.7 Å². The minimum absolute atomic E-state index is 0.0200. The SMILES string of the molecule is Cc1cc2c3c(c1)N(c1cccc4sc5ccccc5c14)c1cc(N4c5ccccc5C5(C)CCCCC45C)ccc1B3c1ccc(C3c4ccc(C(C)(C)C)cc4C4(C)CCCCC34C)cc1N2c1cccc2c1sc1ccccc12. The Hall–Kier alpha value is -7.12. The number of anilines is 8. The number of nitrogens with zero attached hydrogens (tertiary/aromatic N) is 3. The number of para-hydroxylation sites is 1. The highest BCUT2D eigenvalue weighted by Gasteiger charge is 2.60. The lowest BCUT2D eigenvalue weighted by Crippen LogP contribution is -2.61. The Morgan fingerprint density at radius 1 is 0.488 bits per heavy atom. The molecule has 5 unspecified atom stereocenters. The van der Waals surface area contributed by atoms with Gasteiger partial charge in [0.2, 0.25) is 0 Å². The number of thiophene rings is 2. The van der Waals surface area contributed by atoms with Crippen molar-refractivity contribution in [1.29, 1.82) is 0 Å². The Bertz CT molecular complexity index is 4560. The highest BCUT2D eigenvalue weighted by Crippen LogP contribution is 2.68. The number of hydrogen-bond acceptors (Lipinski definition) is 5.